The number of ether oxygens (including phenoxy) is 2. The molecule has 3 N–H and O–H groups in total. The second-order valence-electron chi connectivity index (χ2n) is 7.18. The van der Waals surface area contributed by atoms with Gasteiger partial charge in [-0.3, -0.25) is 14.3 Å². The predicted molar refractivity (Wildman–Crippen MR) is 135 cm³/mol. The fourth-order valence-corrected chi connectivity index (χ4v) is 5.68. The lowest BCUT2D eigenvalue weighted by Crippen LogP contribution is -2.18. The number of carbonyl (C=O) groups excluding carboxylic acids is 2. The number of aromatic nitrogens is 1. The number of nitrogens with one attached hydrogen (secondary N) is 3. The van der Waals surface area contributed by atoms with Crippen LogP contribution in [0.4, 0.5) is 16.5 Å². The van der Waals surface area contributed by atoms with Gasteiger partial charge in [-0.1, -0.05) is 29.5 Å². The molecule has 3 rings (SSSR count). The van der Waals surface area contributed by atoms with Crippen LogP contribution in [0.25, 0.3) is 0 Å². The third kappa shape index (κ3) is 6.28. The van der Waals surface area contributed by atoms with Gasteiger partial charge in [0.15, 0.2) is 15.1 Å². The van der Waals surface area contributed by atoms with Gasteiger partial charge < -0.3 is 20.1 Å². The summed E-state index contributed by atoms with van der Waals surface area (Å²) in [7, 11) is -4.18. The molecule has 3 aromatic rings. The number of carbonyl (C=O) groups is 2. The van der Waals surface area contributed by atoms with Gasteiger partial charge in [-0.05, 0) is 45.0 Å². The molecule has 0 aliphatic heterocycles. The van der Waals surface area contributed by atoms with Gasteiger partial charge in [-0.25, -0.2) is 13.4 Å². The molecular weight excluding hydrogens is 492 g/mol. The molecule has 186 valence electrons. The highest BCUT2D eigenvalue weighted by Gasteiger charge is 2.28. The number of hydrogen-bond donors (Lipinski definition) is 3. The molecule has 12 heteroatoms. The SMILES string of the molecule is CCOc1ccc(C(=O)Nc2ccccc2)c(OCC)c1NS(=O)(=O)c1sc(NC(C)=O)nc1C. The predicted octanol–water partition coefficient (Wildman–Crippen LogP) is 4.26. The number of rotatable bonds is 10. The summed E-state index contributed by atoms with van der Waals surface area (Å²) in [6.07, 6.45) is 0. The Balaban J connectivity index is 2.06. The first-order valence-corrected chi connectivity index (χ1v) is 13.0. The van der Waals surface area contributed by atoms with Crippen molar-refractivity contribution in [2.24, 2.45) is 0 Å². The Morgan fingerprint density at radius 1 is 1.00 bits per heavy atom. The molecule has 0 fully saturated rings. The van der Waals surface area contributed by atoms with E-state index in [9.17, 15) is 18.0 Å². The van der Waals surface area contributed by atoms with Crippen molar-refractivity contribution >= 4 is 49.7 Å². The van der Waals surface area contributed by atoms with Gasteiger partial charge in [0.05, 0.1) is 24.5 Å². The van der Waals surface area contributed by atoms with Crippen LogP contribution in [0.1, 0.15) is 36.8 Å². The van der Waals surface area contributed by atoms with E-state index in [-0.39, 0.29) is 56.9 Å². The van der Waals surface area contributed by atoms with E-state index in [0.29, 0.717) is 5.69 Å². The van der Waals surface area contributed by atoms with Crippen LogP contribution in [0.2, 0.25) is 0 Å². The third-order valence-corrected chi connectivity index (χ3v) is 7.53. The van der Waals surface area contributed by atoms with Crippen LogP contribution < -0.4 is 24.8 Å². The first-order valence-electron chi connectivity index (χ1n) is 10.7. The van der Waals surface area contributed by atoms with E-state index in [2.05, 4.69) is 20.3 Å². The zero-order valence-corrected chi connectivity index (χ0v) is 21.3. The van der Waals surface area contributed by atoms with Gasteiger partial charge in [-0.2, -0.15) is 0 Å². The highest BCUT2D eigenvalue weighted by Crippen LogP contribution is 2.41. The highest BCUT2D eigenvalue weighted by molar-refractivity contribution is 7.94. The van der Waals surface area contributed by atoms with Crippen molar-refractivity contribution in [3.05, 3.63) is 53.7 Å². The van der Waals surface area contributed by atoms with E-state index in [1.807, 2.05) is 6.07 Å². The summed E-state index contributed by atoms with van der Waals surface area (Å²) in [6.45, 7) is 6.72. The second kappa shape index (κ2) is 11.2. The minimum atomic E-state index is -4.18. The van der Waals surface area contributed by atoms with Gasteiger partial charge in [0.25, 0.3) is 15.9 Å². The first-order chi connectivity index (χ1) is 16.7. The van der Waals surface area contributed by atoms with Crippen LogP contribution in [0, 0.1) is 6.92 Å². The lowest BCUT2D eigenvalue weighted by atomic mass is 10.1. The molecule has 10 nitrogen and oxygen atoms in total. The molecule has 0 unspecified atom stereocenters. The van der Waals surface area contributed by atoms with Gasteiger partial charge in [0.2, 0.25) is 5.91 Å². The summed E-state index contributed by atoms with van der Waals surface area (Å²) in [5.41, 5.74) is 0.891. The number of para-hydroxylation sites is 1. The van der Waals surface area contributed by atoms with Crippen LogP contribution in [0.15, 0.2) is 46.7 Å². The van der Waals surface area contributed by atoms with Crippen molar-refractivity contribution in [2.45, 2.75) is 31.9 Å². The van der Waals surface area contributed by atoms with Crippen LogP contribution in [-0.2, 0) is 14.8 Å². The topological polar surface area (TPSA) is 136 Å². The largest absolute Gasteiger partial charge is 0.492 e. The summed E-state index contributed by atoms with van der Waals surface area (Å²) in [6, 6.07) is 11.9. The van der Waals surface area contributed by atoms with Crippen LogP contribution in [-0.4, -0.2) is 38.4 Å². The van der Waals surface area contributed by atoms with Crippen molar-refractivity contribution in [3.63, 3.8) is 0 Å². The number of aryl methyl sites for hydroxylation is 1. The molecule has 0 saturated carbocycles. The monoisotopic (exact) mass is 518 g/mol. The molecule has 0 spiro atoms. The van der Waals surface area contributed by atoms with Crippen molar-refractivity contribution in [2.75, 3.05) is 28.6 Å². The zero-order chi connectivity index (χ0) is 25.6. The van der Waals surface area contributed by atoms with E-state index in [1.54, 1.807) is 38.1 Å². The lowest BCUT2D eigenvalue weighted by Gasteiger charge is -2.19. The Hall–Kier alpha value is -3.64. The van der Waals surface area contributed by atoms with E-state index in [4.69, 9.17) is 9.47 Å². The number of thiazole rings is 1. The number of benzene rings is 2. The van der Waals surface area contributed by atoms with Crippen molar-refractivity contribution in [1.82, 2.24) is 4.98 Å². The molecule has 1 aromatic heterocycles. The molecule has 2 aromatic carbocycles. The molecule has 0 atom stereocenters. The maximum Gasteiger partial charge on any atom is 0.273 e. The average molecular weight is 519 g/mol. The summed E-state index contributed by atoms with van der Waals surface area (Å²) >= 11 is 0.810. The number of amides is 2. The maximum atomic E-state index is 13.3. The molecule has 0 aliphatic rings. The quantitative estimate of drug-likeness (QED) is 0.365. The number of anilines is 3. The first kappa shape index (κ1) is 26.0. The Morgan fingerprint density at radius 3 is 2.31 bits per heavy atom. The van der Waals surface area contributed by atoms with E-state index in [1.165, 1.54) is 26.0 Å². The summed E-state index contributed by atoms with van der Waals surface area (Å²) in [5, 5.41) is 5.42. The minimum absolute atomic E-state index is 0.0108. The van der Waals surface area contributed by atoms with Gasteiger partial charge in [-0.15, -0.1) is 0 Å². The molecule has 1 heterocycles. The minimum Gasteiger partial charge on any atom is -0.492 e. The summed E-state index contributed by atoms with van der Waals surface area (Å²) in [5.74, 6) is -0.630. The van der Waals surface area contributed by atoms with E-state index < -0.39 is 15.9 Å². The Labute approximate surface area is 207 Å². The van der Waals surface area contributed by atoms with Gasteiger partial charge >= 0.3 is 0 Å². The van der Waals surface area contributed by atoms with Crippen molar-refractivity contribution < 1.29 is 27.5 Å². The molecule has 2 amide bonds. The van der Waals surface area contributed by atoms with E-state index in [0.717, 1.165) is 11.3 Å². The Kier molecular flexibility index (Phi) is 8.30. The fraction of sp³-hybridized carbons (Fsp3) is 0.261. The molecular formula is C23H26N4O6S2. The smallest absolute Gasteiger partial charge is 0.273 e. The maximum absolute atomic E-state index is 13.3. The fourth-order valence-electron chi connectivity index (χ4n) is 3.15. The number of sulfonamides is 1. The number of hydrogen-bond acceptors (Lipinski definition) is 8. The molecule has 0 aliphatic carbocycles. The second-order valence-corrected chi connectivity index (χ2v) is 10.1. The lowest BCUT2D eigenvalue weighted by molar-refractivity contribution is -0.114. The zero-order valence-electron chi connectivity index (χ0n) is 19.7. The van der Waals surface area contributed by atoms with Gasteiger partial charge in [0, 0.05) is 12.6 Å². The Bertz CT molecular complexity index is 1320. The van der Waals surface area contributed by atoms with Gasteiger partial charge in [0.1, 0.15) is 11.4 Å². The average Bonchev–Trinajstić information content (AvgIpc) is 3.17. The molecule has 0 radical (unpaired) electrons. The summed E-state index contributed by atoms with van der Waals surface area (Å²) < 4.78 is 40.5. The van der Waals surface area contributed by atoms with E-state index >= 15 is 0 Å². The van der Waals surface area contributed by atoms with Crippen LogP contribution >= 0.6 is 11.3 Å². The standard InChI is InChI=1S/C23H26N4O6S2/c1-5-32-18-13-12-17(21(29)26-16-10-8-7-9-11-16)20(33-6-2)19(18)27-35(30,31)22-14(3)24-23(34-22)25-15(4)28/h7-13,27H,5-6H2,1-4H3,(H,26,29)(H,24,25,28). The van der Waals surface area contributed by atoms with Crippen molar-refractivity contribution in [3.8, 4) is 11.5 Å². The third-order valence-electron chi connectivity index (χ3n) is 4.50. The molecule has 35 heavy (non-hydrogen) atoms. The highest BCUT2D eigenvalue weighted by atomic mass is 32.2. The van der Waals surface area contributed by atoms with Crippen molar-refractivity contribution in [1.29, 1.82) is 0 Å². The Morgan fingerprint density at radius 2 is 1.69 bits per heavy atom. The molecule has 0 saturated heterocycles. The van der Waals surface area contributed by atoms with Crippen LogP contribution in [0.3, 0.4) is 0 Å². The summed E-state index contributed by atoms with van der Waals surface area (Å²) in [4.78, 5) is 28.5. The number of nitrogens with zero attached hydrogens (tertiary/aromatic N) is 1. The normalized spacial score (nSPS) is 11.0. The van der Waals surface area contributed by atoms with Crippen LogP contribution in [0.5, 0.6) is 11.5 Å². The molecule has 0 bridgehead atoms.